The fourth-order valence-corrected chi connectivity index (χ4v) is 4.78. The number of benzene rings is 1. The first-order chi connectivity index (χ1) is 14.9. The number of methoxy groups -OCH3 is 1. The molecule has 1 fully saturated rings. The number of aryl methyl sites for hydroxylation is 1. The number of hydrogen-bond donors (Lipinski definition) is 2. The normalized spacial score (nSPS) is 18.5. The van der Waals surface area contributed by atoms with Gasteiger partial charge in [-0.15, -0.1) is 0 Å². The predicted molar refractivity (Wildman–Crippen MR) is 127 cm³/mol. The number of aromatic hydroxyl groups is 1. The summed E-state index contributed by atoms with van der Waals surface area (Å²) in [6, 6.07) is 12.6. The number of phenols is 1. The number of hydrogen-bond acceptors (Lipinski definition) is 4. The molecule has 0 spiro atoms. The summed E-state index contributed by atoms with van der Waals surface area (Å²) >= 11 is 12.0. The number of anilines is 1. The van der Waals surface area contributed by atoms with Crippen LogP contribution in [0.15, 0.2) is 48.7 Å². The Labute approximate surface area is 192 Å². The second-order valence-corrected chi connectivity index (χ2v) is 8.42. The van der Waals surface area contributed by atoms with E-state index >= 15 is 0 Å². The summed E-state index contributed by atoms with van der Waals surface area (Å²) < 4.78 is 7.54. The zero-order valence-electron chi connectivity index (χ0n) is 17.7. The summed E-state index contributed by atoms with van der Waals surface area (Å²) in [6.07, 6.45) is 1.78. The lowest BCUT2D eigenvalue weighted by molar-refractivity contribution is 0.186. The monoisotopic (exact) mass is 456 g/mol. The van der Waals surface area contributed by atoms with Crippen LogP contribution in [0.25, 0.3) is 0 Å². The van der Waals surface area contributed by atoms with E-state index in [1.165, 1.54) is 0 Å². The van der Waals surface area contributed by atoms with Gasteiger partial charge >= 0.3 is 0 Å². The first-order valence-electron chi connectivity index (χ1n) is 10.1. The molecule has 6 nitrogen and oxygen atoms in total. The number of phenolic OH excluding ortho intramolecular Hbond substituents is 1. The van der Waals surface area contributed by atoms with Gasteiger partial charge in [0, 0.05) is 36.3 Å². The summed E-state index contributed by atoms with van der Waals surface area (Å²) in [6.45, 7) is 5.57. The first-order valence-corrected chi connectivity index (χ1v) is 10.9. The number of pyridine rings is 1. The molecule has 3 aromatic rings. The van der Waals surface area contributed by atoms with Gasteiger partial charge < -0.3 is 24.6 Å². The molecule has 0 amide bonds. The van der Waals surface area contributed by atoms with Crippen molar-refractivity contribution in [2.24, 2.45) is 0 Å². The third-order valence-electron chi connectivity index (χ3n) is 5.75. The molecule has 2 N–H and O–H groups in total. The third-order valence-corrected chi connectivity index (χ3v) is 6.30. The first kappa shape index (κ1) is 21.6. The van der Waals surface area contributed by atoms with Gasteiger partial charge in [0.05, 0.1) is 30.1 Å². The zero-order chi connectivity index (χ0) is 22.1. The molecular formula is C23H25ClN4O2S. The lowest BCUT2D eigenvalue weighted by Gasteiger charge is -2.28. The van der Waals surface area contributed by atoms with E-state index in [-0.39, 0.29) is 17.8 Å². The topological polar surface area (TPSA) is 62.5 Å². The number of nitrogens with one attached hydrogen (secondary N) is 1. The smallest absolute Gasteiger partial charge is 0.174 e. The molecule has 0 aliphatic carbocycles. The van der Waals surface area contributed by atoms with E-state index in [9.17, 15) is 5.11 Å². The van der Waals surface area contributed by atoms with Crippen LogP contribution in [0.5, 0.6) is 5.75 Å². The van der Waals surface area contributed by atoms with Gasteiger partial charge in [0.2, 0.25) is 0 Å². The molecule has 1 aliphatic rings. The summed E-state index contributed by atoms with van der Waals surface area (Å²) in [5.41, 5.74) is 4.81. The second kappa shape index (κ2) is 8.86. The van der Waals surface area contributed by atoms with Gasteiger partial charge in [-0.2, -0.15) is 0 Å². The van der Waals surface area contributed by atoms with Crippen molar-refractivity contribution in [3.63, 3.8) is 0 Å². The number of ether oxygens (including phenoxy) is 1. The highest BCUT2D eigenvalue weighted by Gasteiger charge is 2.43. The van der Waals surface area contributed by atoms with Crippen LogP contribution in [0.3, 0.4) is 0 Å². The molecular weight excluding hydrogens is 432 g/mol. The Hall–Kier alpha value is -2.61. The van der Waals surface area contributed by atoms with Gasteiger partial charge in [-0.25, -0.2) is 0 Å². The second-order valence-electron chi connectivity index (χ2n) is 7.60. The molecule has 2 aromatic heterocycles. The van der Waals surface area contributed by atoms with Crippen molar-refractivity contribution in [2.45, 2.75) is 32.5 Å². The standard InChI is InChI=1S/C23H25ClN4O2S/c1-14-12-17(15(2)27(14)10-11-30-3)22-21(18-6-4-5-9-25-18)26-23(31)28(22)19-13-16(24)7-8-20(19)29/h4-9,12-13,21-22,29H,10-11H2,1-3H3,(H,26,31)/t21-,22-/m1/s1. The molecule has 162 valence electrons. The van der Waals surface area contributed by atoms with Crippen molar-refractivity contribution < 1.29 is 9.84 Å². The van der Waals surface area contributed by atoms with Crippen molar-refractivity contribution >= 4 is 34.6 Å². The zero-order valence-corrected chi connectivity index (χ0v) is 19.2. The molecule has 2 atom stereocenters. The van der Waals surface area contributed by atoms with E-state index < -0.39 is 0 Å². The van der Waals surface area contributed by atoms with E-state index in [0.717, 1.165) is 29.2 Å². The van der Waals surface area contributed by atoms with E-state index in [1.807, 2.05) is 23.1 Å². The number of thiocarbonyl (C=S) groups is 1. The largest absolute Gasteiger partial charge is 0.506 e. The van der Waals surface area contributed by atoms with Gasteiger partial charge in [-0.05, 0) is 68.0 Å². The molecule has 0 saturated carbocycles. The fraction of sp³-hybridized carbons (Fsp3) is 0.304. The Balaban J connectivity index is 1.88. The Morgan fingerprint density at radius 3 is 2.74 bits per heavy atom. The SMILES string of the molecule is COCCn1c(C)cc([C@@H]2[C@@H](c3ccccn3)NC(=S)N2c2cc(Cl)ccc2O)c1C. The fourth-order valence-electron chi connectivity index (χ4n) is 4.27. The average Bonchev–Trinajstić information content (AvgIpc) is 3.24. The lowest BCUT2D eigenvalue weighted by Crippen LogP contribution is -2.29. The Bertz CT molecular complexity index is 1100. The van der Waals surface area contributed by atoms with E-state index in [2.05, 4.69) is 34.8 Å². The van der Waals surface area contributed by atoms with Crippen LogP contribution < -0.4 is 10.2 Å². The Morgan fingerprint density at radius 2 is 2.03 bits per heavy atom. The van der Waals surface area contributed by atoms with Crippen molar-refractivity contribution in [3.05, 3.63) is 76.3 Å². The van der Waals surface area contributed by atoms with Crippen molar-refractivity contribution in [2.75, 3.05) is 18.6 Å². The van der Waals surface area contributed by atoms with Crippen LogP contribution in [0.4, 0.5) is 5.69 Å². The van der Waals surface area contributed by atoms with Crippen molar-refractivity contribution in [3.8, 4) is 5.75 Å². The maximum Gasteiger partial charge on any atom is 0.174 e. The van der Waals surface area contributed by atoms with Crippen LogP contribution in [-0.4, -0.2) is 33.5 Å². The van der Waals surface area contributed by atoms with Gasteiger partial charge in [-0.3, -0.25) is 4.98 Å². The van der Waals surface area contributed by atoms with Crippen LogP contribution in [0, 0.1) is 13.8 Å². The molecule has 1 aromatic carbocycles. The van der Waals surface area contributed by atoms with E-state index in [4.69, 9.17) is 28.6 Å². The highest BCUT2D eigenvalue weighted by atomic mass is 35.5. The van der Waals surface area contributed by atoms with Crippen LogP contribution in [-0.2, 0) is 11.3 Å². The summed E-state index contributed by atoms with van der Waals surface area (Å²) in [5, 5.41) is 15.1. The predicted octanol–water partition coefficient (Wildman–Crippen LogP) is 4.68. The third kappa shape index (κ3) is 4.01. The highest BCUT2D eigenvalue weighted by molar-refractivity contribution is 7.80. The van der Waals surface area contributed by atoms with Gasteiger partial charge in [0.25, 0.3) is 0 Å². The lowest BCUT2D eigenvalue weighted by atomic mass is 9.96. The van der Waals surface area contributed by atoms with E-state index in [1.54, 1.807) is 31.5 Å². The summed E-state index contributed by atoms with van der Waals surface area (Å²) in [4.78, 5) is 6.53. The molecule has 8 heteroatoms. The number of halogens is 1. The molecule has 31 heavy (non-hydrogen) atoms. The van der Waals surface area contributed by atoms with Gasteiger partial charge in [0.15, 0.2) is 5.11 Å². The molecule has 4 rings (SSSR count). The summed E-state index contributed by atoms with van der Waals surface area (Å²) in [5.74, 6) is 0.119. The molecule has 3 heterocycles. The molecule has 0 unspecified atom stereocenters. The molecule has 0 radical (unpaired) electrons. The quantitative estimate of drug-likeness (QED) is 0.525. The average molecular weight is 457 g/mol. The number of aromatic nitrogens is 2. The molecule has 0 bridgehead atoms. The number of rotatable bonds is 6. The van der Waals surface area contributed by atoms with Gasteiger partial charge in [-0.1, -0.05) is 17.7 Å². The van der Waals surface area contributed by atoms with Gasteiger partial charge in [0.1, 0.15) is 5.75 Å². The summed E-state index contributed by atoms with van der Waals surface area (Å²) in [7, 11) is 1.70. The minimum absolute atomic E-state index is 0.119. The van der Waals surface area contributed by atoms with E-state index in [0.29, 0.717) is 22.4 Å². The number of nitrogens with zero attached hydrogens (tertiary/aromatic N) is 3. The van der Waals surface area contributed by atoms with Crippen molar-refractivity contribution in [1.29, 1.82) is 0 Å². The van der Waals surface area contributed by atoms with Crippen molar-refractivity contribution in [1.82, 2.24) is 14.9 Å². The highest BCUT2D eigenvalue weighted by Crippen LogP contribution is 2.46. The minimum Gasteiger partial charge on any atom is -0.506 e. The minimum atomic E-state index is -0.214. The molecule has 1 saturated heterocycles. The van der Waals surface area contributed by atoms with Crippen LogP contribution >= 0.6 is 23.8 Å². The maximum atomic E-state index is 10.7. The van der Waals surface area contributed by atoms with Crippen LogP contribution in [0.1, 0.15) is 34.7 Å². The van der Waals surface area contributed by atoms with Crippen LogP contribution in [0.2, 0.25) is 5.02 Å². The maximum absolute atomic E-state index is 10.7. The molecule has 1 aliphatic heterocycles. The Kier molecular flexibility index (Phi) is 6.18. The Morgan fingerprint density at radius 1 is 1.23 bits per heavy atom.